The van der Waals surface area contributed by atoms with Crippen LogP contribution >= 0.6 is 15.9 Å². The van der Waals surface area contributed by atoms with Gasteiger partial charge in [0, 0.05) is 16.1 Å². The van der Waals surface area contributed by atoms with Crippen molar-refractivity contribution in [2.45, 2.75) is 51.4 Å². The van der Waals surface area contributed by atoms with Crippen molar-refractivity contribution < 1.29 is 9.13 Å². The Kier molecular flexibility index (Phi) is 5.79. The number of hydrogen-bond donors (Lipinski definition) is 1. The summed E-state index contributed by atoms with van der Waals surface area (Å²) in [6.07, 6.45) is 4.71. The molecule has 2 nitrogen and oxygen atoms in total. The van der Waals surface area contributed by atoms with E-state index in [4.69, 9.17) is 4.74 Å². The lowest BCUT2D eigenvalue weighted by atomic mass is 9.93. The SMILES string of the molecule is CCNC1CCC(OCc2ccc(Br)cc2F)CC1. The molecule has 0 aromatic heterocycles. The average Bonchev–Trinajstić information content (AvgIpc) is 2.40. The second-order valence-corrected chi connectivity index (χ2v) is 5.99. The first kappa shape index (κ1) is 14.9. The Morgan fingerprint density at radius 1 is 1.32 bits per heavy atom. The molecule has 0 amide bonds. The molecule has 0 unspecified atom stereocenters. The summed E-state index contributed by atoms with van der Waals surface area (Å²) in [5.74, 6) is -0.198. The van der Waals surface area contributed by atoms with Gasteiger partial charge in [0.2, 0.25) is 0 Å². The molecule has 0 saturated heterocycles. The zero-order chi connectivity index (χ0) is 13.7. The molecule has 19 heavy (non-hydrogen) atoms. The first-order valence-electron chi connectivity index (χ1n) is 6.98. The minimum Gasteiger partial charge on any atom is -0.373 e. The first-order chi connectivity index (χ1) is 9.19. The molecule has 0 radical (unpaired) electrons. The lowest BCUT2D eigenvalue weighted by molar-refractivity contribution is 0.0102. The quantitative estimate of drug-likeness (QED) is 0.880. The lowest BCUT2D eigenvalue weighted by Gasteiger charge is -2.29. The van der Waals surface area contributed by atoms with Gasteiger partial charge in [-0.2, -0.15) is 0 Å². The van der Waals surface area contributed by atoms with Crippen LogP contribution in [0.4, 0.5) is 4.39 Å². The van der Waals surface area contributed by atoms with E-state index in [0.717, 1.165) is 36.7 Å². The van der Waals surface area contributed by atoms with E-state index >= 15 is 0 Å². The summed E-state index contributed by atoms with van der Waals surface area (Å²) in [6, 6.07) is 5.75. The van der Waals surface area contributed by atoms with E-state index in [1.807, 2.05) is 6.07 Å². The molecule has 4 heteroatoms. The molecule has 1 saturated carbocycles. The van der Waals surface area contributed by atoms with Gasteiger partial charge in [-0.15, -0.1) is 0 Å². The number of rotatable bonds is 5. The van der Waals surface area contributed by atoms with Crippen molar-refractivity contribution in [3.63, 3.8) is 0 Å². The highest BCUT2D eigenvalue weighted by Crippen LogP contribution is 2.23. The van der Waals surface area contributed by atoms with Gasteiger partial charge in [-0.1, -0.05) is 28.9 Å². The van der Waals surface area contributed by atoms with E-state index < -0.39 is 0 Å². The van der Waals surface area contributed by atoms with Gasteiger partial charge in [-0.25, -0.2) is 4.39 Å². The first-order valence-corrected chi connectivity index (χ1v) is 7.77. The van der Waals surface area contributed by atoms with Gasteiger partial charge in [-0.3, -0.25) is 0 Å². The van der Waals surface area contributed by atoms with Crippen LogP contribution in [0.1, 0.15) is 38.2 Å². The van der Waals surface area contributed by atoms with E-state index in [9.17, 15) is 4.39 Å². The van der Waals surface area contributed by atoms with Crippen molar-refractivity contribution in [2.75, 3.05) is 6.54 Å². The summed E-state index contributed by atoms with van der Waals surface area (Å²) in [4.78, 5) is 0. The summed E-state index contributed by atoms with van der Waals surface area (Å²) in [6.45, 7) is 3.54. The van der Waals surface area contributed by atoms with Gasteiger partial charge in [-0.05, 0) is 44.4 Å². The molecular formula is C15H21BrFNO. The van der Waals surface area contributed by atoms with Crippen molar-refractivity contribution in [2.24, 2.45) is 0 Å². The van der Waals surface area contributed by atoms with Crippen LogP contribution in [0.15, 0.2) is 22.7 Å². The summed E-state index contributed by atoms with van der Waals surface area (Å²) in [5, 5.41) is 3.47. The average molecular weight is 330 g/mol. The van der Waals surface area contributed by atoms with Crippen molar-refractivity contribution in [3.05, 3.63) is 34.1 Å². The lowest BCUT2D eigenvalue weighted by Crippen LogP contribution is -2.35. The highest BCUT2D eigenvalue weighted by molar-refractivity contribution is 9.10. The largest absolute Gasteiger partial charge is 0.373 e. The number of hydrogen-bond acceptors (Lipinski definition) is 2. The van der Waals surface area contributed by atoms with Gasteiger partial charge in [0.25, 0.3) is 0 Å². The number of nitrogens with one attached hydrogen (secondary N) is 1. The van der Waals surface area contributed by atoms with Crippen LogP contribution < -0.4 is 5.32 Å². The Morgan fingerprint density at radius 3 is 2.68 bits per heavy atom. The van der Waals surface area contributed by atoms with E-state index in [0.29, 0.717) is 18.2 Å². The fraction of sp³-hybridized carbons (Fsp3) is 0.600. The molecule has 1 aromatic carbocycles. The standard InChI is InChI=1S/C15H21BrFNO/c1-2-18-13-5-7-14(8-6-13)19-10-11-3-4-12(16)9-15(11)17/h3-4,9,13-14,18H,2,5-8,10H2,1H3. The van der Waals surface area contributed by atoms with Crippen LogP contribution in [0.2, 0.25) is 0 Å². The third-order valence-corrected chi connectivity index (χ3v) is 4.15. The van der Waals surface area contributed by atoms with Crippen LogP contribution in [0.25, 0.3) is 0 Å². The minimum atomic E-state index is -0.198. The maximum absolute atomic E-state index is 13.6. The van der Waals surface area contributed by atoms with Crippen LogP contribution in [0, 0.1) is 5.82 Å². The van der Waals surface area contributed by atoms with Crippen LogP contribution in [-0.4, -0.2) is 18.7 Å². The Hall–Kier alpha value is -0.450. The molecule has 0 heterocycles. The second-order valence-electron chi connectivity index (χ2n) is 5.08. The van der Waals surface area contributed by atoms with E-state index in [1.54, 1.807) is 6.07 Å². The predicted molar refractivity (Wildman–Crippen MR) is 78.6 cm³/mol. The highest BCUT2D eigenvalue weighted by Gasteiger charge is 2.21. The zero-order valence-corrected chi connectivity index (χ0v) is 12.9. The van der Waals surface area contributed by atoms with Gasteiger partial charge in [0.15, 0.2) is 0 Å². The Balaban J connectivity index is 1.77. The van der Waals surface area contributed by atoms with Gasteiger partial charge in [0.05, 0.1) is 12.7 Å². The van der Waals surface area contributed by atoms with Crippen molar-refractivity contribution >= 4 is 15.9 Å². The van der Waals surface area contributed by atoms with E-state index in [2.05, 4.69) is 28.2 Å². The Morgan fingerprint density at radius 2 is 2.05 bits per heavy atom. The molecule has 0 spiro atoms. The molecule has 1 aliphatic carbocycles. The third-order valence-electron chi connectivity index (χ3n) is 3.66. The molecular weight excluding hydrogens is 309 g/mol. The smallest absolute Gasteiger partial charge is 0.129 e. The van der Waals surface area contributed by atoms with Crippen molar-refractivity contribution in [1.29, 1.82) is 0 Å². The number of benzene rings is 1. The monoisotopic (exact) mass is 329 g/mol. The molecule has 0 aliphatic heterocycles. The summed E-state index contributed by atoms with van der Waals surface area (Å²) in [7, 11) is 0. The molecule has 0 bridgehead atoms. The Labute approximate surface area is 122 Å². The minimum absolute atomic E-state index is 0.198. The van der Waals surface area contributed by atoms with Crippen LogP contribution in [0.3, 0.4) is 0 Å². The topological polar surface area (TPSA) is 21.3 Å². The van der Waals surface area contributed by atoms with Crippen LogP contribution in [0.5, 0.6) is 0 Å². The molecule has 2 rings (SSSR count). The van der Waals surface area contributed by atoms with Crippen molar-refractivity contribution in [1.82, 2.24) is 5.32 Å². The number of halogens is 2. The maximum Gasteiger partial charge on any atom is 0.129 e. The van der Waals surface area contributed by atoms with E-state index in [1.165, 1.54) is 6.07 Å². The summed E-state index contributed by atoms with van der Waals surface area (Å²) >= 11 is 3.26. The molecule has 106 valence electrons. The zero-order valence-electron chi connectivity index (χ0n) is 11.3. The van der Waals surface area contributed by atoms with Gasteiger partial charge in [0.1, 0.15) is 5.82 Å². The summed E-state index contributed by atoms with van der Waals surface area (Å²) < 4.78 is 20.2. The van der Waals surface area contributed by atoms with Crippen LogP contribution in [-0.2, 0) is 11.3 Å². The molecule has 0 atom stereocenters. The normalized spacial score (nSPS) is 23.5. The molecule has 1 aliphatic rings. The Bertz CT molecular complexity index is 405. The fourth-order valence-corrected chi connectivity index (χ4v) is 2.90. The maximum atomic E-state index is 13.6. The third kappa shape index (κ3) is 4.55. The van der Waals surface area contributed by atoms with Gasteiger partial charge < -0.3 is 10.1 Å². The molecule has 1 N–H and O–H groups in total. The van der Waals surface area contributed by atoms with E-state index in [-0.39, 0.29) is 11.9 Å². The predicted octanol–water partition coefficient (Wildman–Crippen LogP) is 4.03. The van der Waals surface area contributed by atoms with Gasteiger partial charge >= 0.3 is 0 Å². The second kappa shape index (κ2) is 7.36. The fourth-order valence-electron chi connectivity index (χ4n) is 2.57. The molecule has 1 fully saturated rings. The summed E-state index contributed by atoms with van der Waals surface area (Å²) in [5.41, 5.74) is 0.636. The van der Waals surface area contributed by atoms with Crippen molar-refractivity contribution in [3.8, 4) is 0 Å². The molecule has 1 aromatic rings. The highest BCUT2D eigenvalue weighted by atomic mass is 79.9. The number of ether oxygens (including phenoxy) is 1.